The molecule has 2 aromatic carbocycles. The van der Waals surface area contributed by atoms with Crippen LogP contribution in [0.3, 0.4) is 0 Å². The maximum absolute atomic E-state index is 4.96. The van der Waals surface area contributed by atoms with Gasteiger partial charge in [-0.3, -0.25) is 9.55 Å². The number of hydrogen-bond acceptors (Lipinski definition) is 3. The van der Waals surface area contributed by atoms with Crippen LogP contribution < -0.4 is 4.90 Å². The Balaban J connectivity index is 1.89. The number of anilines is 1. The Kier molecular flexibility index (Phi) is 3.10. The molecule has 1 aliphatic rings. The summed E-state index contributed by atoms with van der Waals surface area (Å²) in [5.41, 5.74) is 5.83. The van der Waals surface area contributed by atoms with Crippen LogP contribution in [0.1, 0.15) is 18.7 Å². The lowest BCUT2D eigenvalue weighted by Crippen LogP contribution is -2.37. The van der Waals surface area contributed by atoms with Crippen LogP contribution in [-0.4, -0.2) is 21.1 Å². The molecule has 0 amide bonds. The van der Waals surface area contributed by atoms with E-state index in [1.165, 1.54) is 16.8 Å². The first kappa shape index (κ1) is 14.2. The molecule has 4 aromatic rings. The highest BCUT2D eigenvalue weighted by molar-refractivity contribution is 5.87. The molecule has 2 aromatic heterocycles. The Hall–Kier alpha value is -3.14. The Morgan fingerprint density at radius 2 is 1.68 bits per heavy atom. The summed E-state index contributed by atoms with van der Waals surface area (Å²) in [6.45, 7) is 3.12. The molecular weight excluding hydrogens is 308 g/mol. The summed E-state index contributed by atoms with van der Waals surface area (Å²) in [5.74, 6) is 1.03. The predicted octanol–water partition coefficient (Wildman–Crippen LogP) is 4.49. The molecule has 4 nitrogen and oxygen atoms in total. The molecule has 1 aliphatic heterocycles. The number of hydrogen-bond donors (Lipinski definition) is 0. The van der Waals surface area contributed by atoms with Crippen molar-refractivity contribution >= 4 is 16.7 Å². The highest BCUT2D eigenvalue weighted by Gasteiger charge is 2.33. The second-order valence-corrected chi connectivity index (χ2v) is 6.25. The standard InChI is InChI=1S/C21H18N4/c1-2-24-18-9-5-3-7-16(18)20-23-17-8-4-6-10-19(17)25(20)21(24)15-11-13-22-14-12-15/h3-14,21H,2H2,1H3/t21-/m1/s1. The van der Waals surface area contributed by atoms with Crippen LogP contribution >= 0.6 is 0 Å². The number of nitrogens with zero attached hydrogens (tertiary/aromatic N) is 4. The fraction of sp³-hybridized carbons (Fsp3) is 0.143. The van der Waals surface area contributed by atoms with Gasteiger partial charge in [-0.2, -0.15) is 0 Å². The van der Waals surface area contributed by atoms with Gasteiger partial charge in [0.1, 0.15) is 12.0 Å². The monoisotopic (exact) mass is 326 g/mol. The van der Waals surface area contributed by atoms with Crippen molar-refractivity contribution in [2.75, 3.05) is 11.4 Å². The molecule has 5 rings (SSSR count). The van der Waals surface area contributed by atoms with E-state index in [0.29, 0.717) is 0 Å². The maximum atomic E-state index is 4.96. The summed E-state index contributed by atoms with van der Waals surface area (Å²) in [5, 5.41) is 0. The van der Waals surface area contributed by atoms with E-state index in [1.807, 2.05) is 18.5 Å². The topological polar surface area (TPSA) is 34.0 Å². The highest BCUT2D eigenvalue weighted by Crippen LogP contribution is 2.44. The lowest BCUT2D eigenvalue weighted by atomic mass is 10.0. The molecule has 3 heterocycles. The van der Waals surface area contributed by atoms with Gasteiger partial charge in [0.2, 0.25) is 0 Å². The van der Waals surface area contributed by atoms with E-state index in [4.69, 9.17) is 4.98 Å². The van der Waals surface area contributed by atoms with Gasteiger partial charge >= 0.3 is 0 Å². The molecule has 0 unspecified atom stereocenters. The Morgan fingerprint density at radius 1 is 0.920 bits per heavy atom. The molecule has 0 fully saturated rings. The number of benzene rings is 2. The maximum Gasteiger partial charge on any atom is 0.145 e. The van der Waals surface area contributed by atoms with Gasteiger partial charge < -0.3 is 4.90 Å². The molecule has 0 saturated carbocycles. The van der Waals surface area contributed by atoms with E-state index in [9.17, 15) is 0 Å². The van der Waals surface area contributed by atoms with Gasteiger partial charge in [0.05, 0.1) is 11.0 Å². The highest BCUT2D eigenvalue weighted by atomic mass is 15.3. The minimum Gasteiger partial charge on any atom is -0.347 e. The van der Waals surface area contributed by atoms with Gasteiger partial charge in [0, 0.05) is 30.2 Å². The van der Waals surface area contributed by atoms with E-state index in [1.54, 1.807) is 0 Å². The first-order chi connectivity index (χ1) is 12.4. The van der Waals surface area contributed by atoms with E-state index in [2.05, 4.69) is 76.0 Å². The SMILES string of the molecule is CCN1c2ccccc2-c2nc3ccccc3n2[C@@H]1c1ccncc1. The fourth-order valence-corrected chi connectivity index (χ4v) is 3.87. The molecule has 1 atom stereocenters. The minimum atomic E-state index is 0.0744. The van der Waals surface area contributed by atoms with Crippen LogP contribution in [0.4, 0.5) is 5.69 Å². The third kappa shape index (κ3) is 2.00. The third-order valence-corrected chi connectivity index (χ3v) is 4.93. The van der Waals surface area contributed by atoms with Gasteiger partial charge in [-0.05, 0) is 48.9 Å². The van der Waals surface area contributed by atoms with Gasteiger partial charge in [-0.15, -0.1) is 0 Å². The van der Waals surface area contributed by atoms with Crippen LogP contribution in [0.15, 0.2) is 73.1 Å². The van der Waals surface area contributed by atoms with Crippen molar-refractivity contribution in [3.05, 3.63) is 78.6 Å². The van der Waals surface area contributed by atoms with Crippen molar-refractivity contribution in [3.63, 3.8) is 0 Å². The molecule has 4 heteroatoms. The van der Waals surface area contributed by atoms with Gasteiger partial charge in [-0.1, -0.05) is 24.3 Å². The van der Waals surface area contributed by atoms with Gasteiger partial charge in [0.25, 0.3) is 0 Å². The van der Waals surface area contributed by atoms with Crippen LogP contribution in [0.2, 0.25) is 0 Å². The summed E-state index contributed by atoms with van der Waals surface area (Å²) in [7, 11) is 0. The molecule has 25 heavy (non-hydrogen) atoms. The zero-order chi connectivity index (χ0) is 16.8. The van der Waals surface area contributed by atoms with Crippen LogP contribution in [0.25, 0.3) is 22.4 Å². The molecule has 0 bridgehead atoms. The van der Waals surface area contributed by atoms with Crippen LogP contribution in [0.5, 0.6) is 0 Å². The first-order valence-electron chi connectivity index (χ1n) is 8.61. The lowest BCUT2D eigenvalue weighted by Gasteiger charge is -2.40. The summed E-state index contributed by atoms with van der Waals surface area (Å²) in [6.07, 6.45) is 3.80. The summed E-state index contributed by atoms with van der Waals surface area (Å²) < 4.78 is 2.36. The second kappa shape index (κ2) is 5.45. The smallest absolute Gasteiger partial charge is 0.145 e. The van der Waals surface area contributed by atoms with E-state index in [-0.39, 0.29) is 6.17 Å². The predicted molar refractivity (Wildman–Crippen MR) is 101 cm³/mol. The van der Waals surface area contributed by atoms with Crippen molar-refractivity contribution in [3.8, 4) is 11.4 Å². The number of imidazole rings is 1. The van der Waals surface area contributed by atoms with E-state index < -0.39 is 0 Å². The first-order valence-corrected chi connectivity index (χ1v) is 8.61. The molecule has 0 saturated heterocycles. The Bertz CT molecular complexity index is 1050. The number of aromatic nitrogens is 3. The molecule has 0 aliphatic carbocycles. The quantitative estimate of drug-likeness (QED) is 0.544. The van der Waals surface area contributed by atoms with Crippen LogP contribution in [0, 0.1) is 0 Å². The fourth-order valence-electron chi connectivity index (χ4n) is 3.87. The third-order valence-electron chi connectivity index (χ3n) is 4.93. The molecular formula is C21H18N4. The summed E-state index contributed by atoms with van der Waals surface area (Å²) in [6, 6.07) is 21.1. The van der Waals surface area contributed by atoms with Crippen LogP contribution in [-0.2, 0) is 0 Å². The summed E-state index contributed by atoms with van der Waals surface area (Å²) in [4.78, 5) is 11.6. The summed E-state index contributed by atoms with van der Waals surface area (Å²) >= 11 is 0. The van der Waals surface area contributed by atoms with E-state index >= 15 is 0 Å². The number of para-hydroxylation sites is 3. The minimum absolute atomic E-state index is 0.0744. The van der Waals surface area contributed by atoms with Gasteiger partial charge in [-0.25, -0.2) is 4.98 Å². The molecule has 0 spiro atoms. The number of fused-ring (bicyclic) bond motifs is 5. The van der Waals surface area contributed by atoms with Crippen molar-refractivity contribution in [2.24, 2.45) is 0 Å². The van der Waals surface area contributed by atoms with Gasteiger partial charge in [0.15, 0.2) is 0 Å². The van der Waals surface area contributed by atoms with Crippen molar-refractivity contribution in [1.29, 1.82) is 0 Å². The average Bonchev–Trinajstić information content (AvgIpc) is 3.07. The number of rotatable bonds is 2. The largest absolute Gasteiger partial charge is 0.347 e. The molecule has 0 N–H and O–H groups in total. The zero-order valence-electron chi connectivity index (χ0n) is 14.0. The normalized spacial score (nSPS) is 15.9. The van der Waals surface area contributed by atoms with Crippen molar-refractivity contribution < 1.29 is 0 Å². The zero-order valence-corrected chi connectivity index (χ0v) is 14.0. The Labute approximate surface area is 146 Å². The average molecular weight is 326 g/mol. The Morgan fingerprint density at radius 3 is 2.52 bits per heavy atom. The molecule has 0 radical (unpaired) electrons. The van der Waals surface area contributed by atoms with Crippen molar-refractivity contribution in [1.82, 2.24) is 14.5 Å². The lowest BCUT2D eigenvalue weighted by molar-refractivity contribution is 0.555. The molecule has 122 valence electrons. The van der Waals surface area contributed by atoms with E-state index in [0.717, 1.165) is 23.4 Å². The number of pyridine rings is 1. The van der Waals surface area contributed by atoms with Crippen molar-refractivity contribution in [2.45, 2.75) is 13.1 Å². The second-order valence-electron chi connectivity index (χ2n) is 6.25.